The van der Waals surface area contributed by atoms with Gasteiger partial charge in [-0.05, 0) is 69.9 Å². The molecule has 1 unspecified atom stereocenters. The lowest BCUT2D eigenvalue weighted by molar-refractivity contribution is -0.127. The summed E-state index contributed by atoms with van der Waals surface area (Å²) in [6.07, 6.45) is 10.2. The Morgan fingerprint density at radius 3 is 2.63 bits per heavy atom. The zero-order valence-corrected chi connectivity index (χ0v) is 18.3. The van der Waals surface area contributed by atoms with E-state index in [1.165, 1.54) is 18.4 Å². The maximum absolute atomic E-state index is 12.8. The fourth-order valence-corrected chi connectivity index (χ4v) is 4.89. The van der Waals surface area contributed by atoms with Gasteiger partial charge in [0, 0.05) is 56.9 Å². The molecular weight excluding hydrogens is 376 g/mol. The highest BCUT2D eigenvalue weighted by molar-refractivity contribution is 5.79. The van der Waals surface area contributed by atoms with Gasteiger partial charge in [-0.3, -0.25) is 24.3 Å². The topological polar surface area (TPSA) is 66.3 Å². The van der Waals surface area contributed by atoms with Crippen LogP contribution in [0, 0.1) is 12.8 Å². The third kappa shape index (κ3) is 5.26. The van der Waals surface area contributed by atoms with E-state index in [1.54, 1.807) is 4.68 Å². The van der Waals surface area contributed by atoms with E-state index in [0.29, 0.717) is 12.6 Å². The molecule has 162 valence electrons. The van der Waals surface area contributed by atoms with Gasteiger partial charge >= 0.3 is 0 Å². The zero-order valence-electron chi connectivity index (χ0n) is 18.3. The van der Waals surface area contributed by atoms with Crippen molar-refractivity contribution in [3.05, 3.63) is 47.5 Å². The molecule has 2 aliphatic heterocycles. The first kappa shape index (κ1) is 21.0. The van der Waals surface area contributed by atoms with Gasteiger partial charge in [-0.2, -0.15) is 5.10 Å². The zero-order chi connectivity index (χ0) is 20.9. The number of pyridine rings is 1. The third-order valence-corrected chi connectivity index (χ3v) is 6.62. The summed E-state index contributed by atoms with van der Waals surface area (Å²) in [7, 11) is 1.92. The van der Waals surface area contributed by atoms with Crippen LogP contribution in [0.4, 0.5) is 0 Å². The summed E-state index contributed by atoms with van der Waals surface area (Å²) < 4.78 is 1.81. The number of aromatic nitrogens is 3. The van der Waals surface area contributed by atoms with Gasteiger partial charge in [0.1, 0.15) is 0 Å². The van der Waals surface area contributed by atoms with E-state index in [1.807, 2.05) is 32.6 Å². The average molecular weight is 411 g/mol. The van der Waals surface area contributed by atoms with Crippen molar-refractivity contribution in [1.29, 1.82) is 0 Å². The monoisotopic (exact) mass is 410 g/mol. The summed E-state index contributed by atoms with van der Waals surface area (Å²) in [5.41, 5.74) is 3.42. The Kier molecular flexibility index (Phi) is 6.79. The van der Waals surface area contributed by atoms with Crippen LogP contribution in [0.1, 0.15) is 42.5 Å². The smallest absolute Gasteiger partial charge is 0.224 e. The molecule has 7 heteroatoms. The number of likely N-dealkylation sites (tertiary alicyclic amines) is 2. The van der Waals surface area contributed by atoms with Crippen molar-refractivity contribution in [2.75, 3.05) is 26.2 Å². The van der Waals surface area contributed by atoms with Gasteiger partial charge < -0.3 is 5.32 Å². The third-order valence-electron chi connectivity index (χ3n) is 6.62. The molecule has 0 spiro atoms. The highest BCUT2D eigenvalue weighted by atomic mass is 16.1. The fraction of sp³-hybridized carbons (Fsp3) is 0.609. The van der Waals surface area contributed by atoms with Crippen molar-refractivity contribution in [2.45, 2.75) is 51.7 Å². The first-order valence-electron chi connectivity index (χ1n) is 11.2. The predicted octanol–water partition coefficient (Wildman–Crippen LogP) is 2.12. The summed E-state index contributed by atoms with van der Waals surface area (Å²) in [5, 5.41) is 7.51. The van der Waals surface area contributed by atoms with Crippen LogP contribution in [0.25, 0.3) is 0 Å². The lowest BCUT2D eigenvalue weighted by atomic mass is 9.93. The maximum atomic E-state index is 12.8. The second-order valence-electron chi connectivity index (χ2n) is 8.83. The maximum Gasteiger partial charge on any atom is 0.224 e. The molecule has 2 aliphatic rings. The van der Waals surface area contributed by atoms with E-state index in [9.17, 15) is 4.79 Å². The highest BCUT2D eigenvalue weighted by Gasteiger charge is 2.31. The van der Waals surface area contributed by atoms with Crippen LogP contribution in [0.3, 0.4) is 0 Å². The molecule has 4 rings (SSSR count). The molecule has 0 aliphatic carbocycles. The molecule has 7 nitrogen and oxygen atoms in total. The number of rotatable bonds is 6. The number of amides is 1. The lowest BCUT2D eigenvalue weighted by Crippen LogP contribution is -2.50. The molecule has 1 N–H and O–H groups in total. The largest absolute Gasteiger partial charge is 0.352 e. The first-order chi connectivity index (χ1) is 14.6. The van der Waals surface area contributed by atoms with Crippen molar-refractivity contribution in [1.82, 2.24) is 29.9 Å². The normalized spacial score (nSPS) is 21.6. The van der Waals surface area contributed by atoms with Gasteiger partial charge in [0.15, 0.2) is 0 Å². The Hall–Kier alpha value is -2.25. The van der Waals surface area contributed by atoms with E-state index in [2.05, 4.69) is 37.3 Å². The number of aryl methyl sites for hydroxylation is 2. The van der Waals surface area contributed by atoms with Crippen molar-refractivity contribution in [2.24, 2.45) is 13.0 Å². The van der Waals surface area contributed by atoms with Crippen LogP contribution in [-0.4, -0.2) is 62.7 Å². The molecule has 0 aromatic carbocycles. The molecule has 2 saturated heterocycles. The van der Waals surface area contributed by atoms with Crippen LogP contribution >= 0.6 is 0 Å². The number of piperidine rings is 2. The highest BCUT2D eigenvalue weighted by Crippen LogP contribution is 2.25. The Bertz CT molecular complexity index is 827. The molecule has 0 saturated carbocycles. The minimum atomic E-state index is 0.102. The minimum absolute atomic E-state index is 0.102. The van der Waals surface area contributed by atoms with Gasteiger partial charge in [-0.15, -0.1) is 0 Å². The van der Waals surface area contributed by atoms with Crippen molar-refractivity contribution in [3.63, 3.8) is 0 Å². The van der Waals surface area contributed by atoms with Crippen LogP contribution < -0.4 is 5.32 Å². The molecule has 1 atom stereocenters. The Labute approximate surface area is 179 Å². The molecule has 2 aromatic rings. The number of hydrogen-bond donors (Lipinski definition) is 1. The van der Waals surface area contributed by atoms with E-state index >= 15 is 0 Å². The standard InChI is InChI=1S/C23H34N6O/c1-18-21(16-27(2)26-18)14-25-23(30)20-4-3-11-29(17-20)22-7-12-28(13-8-22)15-19-5-9-24-10-6-19/h5-6,9-10,16,20,22H,3-4,7-8,11-15,17H2,1-2H3,(H,25,30). The van der Waals surface area contributed by atoms with E-state index in [-0.39, 0.29) is 11.8 Å². The van der Waals surface area contributed by atoms with E-state index in [0.717, 1.165) is 56.8 Å². The van der Waals surface area contributed by atoms with Gasteiger partial charge in [0.05, 0.1) is 11.6 Å². The molecule has 0 radical (unpaired) electrons. The summed E-state index contributed by atoms with van der Waals surface area (Å²) in [5.74, 6) is 0.295. The molecular formula is C23H34N6O. The number of nitrogens with zero attached hydrogens (tertiary/aromatic N) is 5. The van der Waals surface area contributed by atoms with Gasteiger partial charge in [0.2, 0.25) is 5.91 Å². The number of hydrogen-bond acceptors (Lipinski definition) is 5. The summed E-state index contributed by atoms with van der Waals surface area (Å²) in [4.78, 5) is 22.0. The lowest BCUT2D eigenvalue weighted by Gasteiger charge is -2.42. The molecule has 30 heavy (non-hydrogen) atoms. The minimum Gasteiger partial charge on any atom is -0.352 e. The van der Waals surface area contributed by atoms with Crippen LogP contribution in [0.2, 0.25) is 0 Å². The van der Waals surface area contributed by atoms with E-state index in [4.69, 9.17) is 0 Å². The van der Waals surface area contributed by atoms with E-state index < -0.39 is 0 Å². The number of nitrogens with one attached hydrogen (secondary N) is 1. The molecule has 0 bridgehead atoms. The Morgan fingerprint density at radius 2 is 1.93 bits per heavy atom. The van der Waals surface area contributed by atoms with Crippen molar-refractivity contribution >= 4 is 5.91 Å². The molecule has 2 aromatic heterocycles. The van der Waals surface area contributed by atoms with Crippen molar-refractivity contribution in [3.8, 4) is 0 Å². The predicted molar refractivity (Wildman–Crippen MR) is 117 cm³/mol. The fourth-order valence-electron chi connectivity index (χ4n) is 4.89. The Morgan fingerprint density at radius 1 is 1.17 bits per heavy atom. The van der Waals surface area contributed by atoms with Gasteiger partial charge in [-0.25, -0.2) is 0 Å². The second kappa shape index (κ2) is 9.71. The average Bonchev–Trinajstić information content (AvgIpc) is 3.10. The van der Waals surface area contributed by atoms with Crippen LogP contribution in [-0.2, 0) is 24.9 Å². The quantitative estimate of drug-likeness (QED) is 0.790. The number of carbonyl (C=O) groups is 1. The molecule has 2 fully saturated rings. The summed E-state index contributed by atoms with van der Waals surface area (Å²) in [6, 6.07) is 4.81. The van der Waals surface area contributed by atoms with Gasteiger partial charge in [0.25, 0.3) is 0 Å². The van der Waals surface area contributed by atoms with Crippen molar-refractivity contribution < 1.29 is 4.79 Å². The Balaban J connectivity index is 1.24. The van der Waals surface area contributed by atoms with Gasteiger partial charge in [-0.1, -0.05) is 0 Å². The molecule has 1 amide bonds. The number of carbonyl (C=O) groups excluding carboxylic acids is 1. The first-order valence-corrected chi connectivity index (χ1v) is 11.2. The second-order valence-corrected chi connectivity index (χ2v) is 8.83. The van der Waals surface area contributed by atoms with Crippen LogP contribution in [0.15, 0.2) is 30.7 Å². The molecule has 4 heterocycles. The SMILES string of the molecule is Cc1nn(C)cc1CNC(=O)C1CCCN(C2CCN(Cc3ccncc3)CC2)C1. The summed E-state index contributed by atoms with van der Waals surface area (Å²) in [6.45, 7) is 7.84. The van der Waals surface area contributed by atoms with Crippen LogP contribution in [0.5, 0.6) is 0 Å². The summed E-state index contributed by atoms with van der Waals surface area (Å²) >= 11 is 0.